The zero-order valence-electron chi connectivity index (χ0n) is 16.4. The Hall–Kier alpha value is -3.10. The molecule has 0 radical (unpaired) electrons. The highest BCUT2D eigenvalue weighted by atomic mass is 16.5. The fourth-order valence-corrected chi connectivity index (χ4v) is 3.34. The van der Waals surface area contributed by atoms with E-state index in [4.69, 9.17) is 14.9 Å². The molecule has 4 rings (SSSR count). The first-order valence-electron chi connectivity index (χ1n) is 9.70. The van der Waals surface area contributed by atoms with Gasteiger partial charge >= 0.3 is 6.03 Å². The van der Waals surface area contributed by atoms with Crippen LogP contribution in [0.1, 0.15) is 5.56 Å². The number of ether oxygens (including phenoxy) is 1. The summed E-state index contributed by atoms with van der Waals surface area (Å²) in [4.78, 5) is 21.2. The molecule has 0 unspecified atom stereocenters. The van der Waals surface area contributed by atoms with E-state index in [1.165, 1.54) is 0 Å². The van der Waals surface area contributed by atoms with Crippen molar-refractivity contribution in [3.05, 3.63) is 48.0 Å². The molecule has 0 saturated carbocycles. The minimum atomic E-state index is -0.200. The number of fused-ring (bicyclic) bond motifs is 1. The molecular weight excluding hydrogens is 370 g/mol. The molecule has 0 atom stereocenters. The third-order valence-corrected chi connectivity index (χ3v) is 4.99. The number of nitrogens with two attached hydrogens (primary N) is 1. The number of oxazole rings is 1. The first-order chi connectivity index (χ1) is 14.1. The van der Waals surface area contributed by atoms with E-state index in [1.54, 1.807) is 11.0 Å². The van der Waals surface area contributed by atoms with Crippen LogP contribution in [0.3, 0.4) is 0 Å². The molecular formula is C21H25N5O3. The number of nitrogens with zero attached hydrogens (tertiary/aromatic N) is 3. The van der Waals surface area contributed by atoms with Crippen molar-refractivity contribution < 1.29 is 13.9 Å². The third kappa shape index (κ3) is 4.67. The SMILES string of the molecule is Cc1ccc(NC(=O)N(CCN2CCOCC2)c2ccc3nc(N)oc3c2)cc1. The van der Waals surface area contributed by atoms with Crippen LogP contribution in [0, 0.1) is 6.92 Å². The van der Waals surface area contributed by atoms with Gasteiger partial charge in [0, 0.05) is 43.6 Å². The molecule has 8 nitrogen and oxygen atoms in total. The molecule has 2 aromatic carbocycles. The number of nitrogen functional groups attached to an aromatic ring is 1. The molecule has 29 heavy (non-hydrogen) atoms. The summed E-state index contributed by atoms with van der Waals surface area (Å²) in [6.45, 7) is 6.47. The second kappa shape index (κ2) is 8.50. The molecule has 1 fully saturated rings. The molecule has 0 aliphatic carbocycles. The van der Waals surface area contributed by atoms with Gasteiger partial charge in [0.15, 0.2) is 5.58 Å². The number of carbonyl (C=O) groups excluding carboxylic acids is 1. The van der Waals surface area contributed by atoms with Crippen molar-refractivity contribution in [3.63, 3.8) is 0 Å². The Balaban J connectivity index is 1.56. The normalized spacial score (nSPS) is 14.8. The lowest BCUT2D eigenvalue weighted by molar-refractivity contribution is 0.0393. The summed E-state index contributed by atoms with van der Waals surface area (Å²) < 4.78 is 10.9. The second-order valence-electron chi connectivity index (χ2n) is 7.11. The number of aryl methyl sites for hydroxylation is 1. The van der Waals surface area contributed by atoms with Crippen LogP contribution in [0.5, 0.6) is 0 Å². The minimum Gasteiger partial charge on any atom is -0.424 e. The minimum absolute atomic E-state index is 0.112. The number of nitrogens with one attached hydrogen (secondary N) is 1. The number of anilines is 3. The third-order valence-electron chi connectivity index (χ3n) is 4.99. The van der Waals surface area contributed by atoms with Gasteiger partial charge in [0.1, 0.15) is 5.52 Å². The predicted octanol–water partition coefficient (Wildman–Crippen LogP) is 3.09. The molecule has 8 heteroatoms. The highest BCUT2D eigenvalue weighted by Gasteiger charge is 2.20. The Labute approximate surface area is 169 Å². The number of benzene rings is 2. The molecule has 1 aromatic heterocycles. The number of urea groups is 1. The number of rotatable bonds is 5. The van der Waals surface area contributed by atoms with Crippen molar-refractivity contribution in [1.82, 2.24) is 9.88 Å². The number of aromatic nitrogens is 1. The van der Waals surface area contributed by atoms with E-state index in [0.29, 0.717) is 17.6 Å². The van der Waals surface area contributed by atoms with Crippen LogP contribution in [0.15, 0.2) is 46.9 Å². The standard InChI is InChI=1S/C21H25N5O3/c1-15-2-4-16(5-3-15)23-21(27)26(9-8-25-10-12-28-13-11-25)17-6-7-18-19(14-17)29-20(22)24-18/h2-7,14H,8-13H2,1H3,(H2,22,24)(H,23,27). The molecule has 3 aromatic rings. The molecule has 152 valence electrons. The van der Waals surface area contributed by atoms with Gasteiger partial charge in [-0.3, -0.25) is 9.80 Å². The van der Waals surface area contributed by atoms with Crippen LogP contribution in [0.25, 0.3) is 11.1 Å². The monoisotopic (exact) mass is 395 g/mol. The largest absolute Gasteiger partial charge is 0.424 e. The fraction of sp³-hybridized carbons (Fsp3) is 0.333. The maximum absolute atomic E-state index is 13.1. The van der Waals surface area contributed by atoms with Gasteiger partial charge < -0.3 is 20.2 Å². The molecule has 1 saturated heterocycles. The van der Waals surface area contributed by atoms with Gasteiger partial charge in [-0.15, -0.1) is 0 Å². The molecule has 1 aliphatic heterocycles. The van der Waals surface area contributed by atoms with Gasteiger partial charge in [-0.25, -0.2) is 4.79 Å². The van der Waals surface area contributed by atoms with Gasteiger partial charge in [-0.2, -0.15) is 4.98 Å². The van der Waals surface area contributed by atoms with E-state index in [1.807, 2.05) is 43.3 Å². The number of hydrogen-bond donors (Lipinski definition) is 2. The van der Waals surface area contributed by atoms with Crippen molar-refractivity contribution >= 4 is 34.5 Å². The smallest absolute Gasteiger partial charge is 0.326 e. The summed E-state index contributed by atoms with van der Waals surface area (Å²) in [7, 11) is 0. The number of hydrogen-bond acceptors (Lipinski definition) is 6. The number of carbonyl (C=O) groups is 1. The van der Waals surface area contributed by atoms with Crippen LogP contribution in [0.2, 0.25) is 0 Å². The summed E-state index contributed by atoms with van der Waals surface area (Å²) in [5.74, 6) is 0. The highest BCUT2D eigenvalue weighted by Crippen LogP contribution is 2.24. The van der Waals surface area contributed by atoms with Crippen molar-refractivity contribution in [2.24, 2.45) is 0 Å². The lowest BCUT2D eigenvalue weighted by atomic mass is 10.2. The fourth-order valence-electron chi connectivity index (χ4n) is 3.34. The maximum atomic E-state index is 13.1. The molecule has 0 spiro atoms. The lowest BCUT2D eigenvalue weighted by Gasteiger charge is -2.30. The lowest BCUT2D eigenvalue weighted by Crippen LogP contribution is -2.44. The van der Waals surface area contributed by atoms with Gasteiger partial charge in [0.25, 0.3) is 6.01 Å². The van der Waals surface area contributed by atoms with Crippen molar-refractivity contribution in [2.45, 2.75) is 6.92 Å². The Morgan fingerprint density at radius 2 is 1.97 bits per heavy atom. The molecule has 2 heterocycles. The van der Waals surface area contributed by atoms with E-state index in [2.05, 4.69) is 15.2 Å². The average Bonchev–Trinajstić information content (AvgIpc) is 3.10. The number of morpholine rings is 1. The molecule has 2 amide bonds. The molecule has 1 aliphatic rings. The van der Waals surface area contributed by atoms with Crippen LogP contribution in [0.4, 0.5) is 22.2 Å². The highest BCUT2D eigenvalue weighted by molar-refractivity contribution is 6.02. The Morgan fingerprint density at radius 3 is 2.72 bits per heavy atom. The van der Waals surface area contributed by atoms with Crippen LogP contribution < -0.4 is 16.0 Å². The van der Waals surface area contributed by atoms with E-state index in [9.17, 15) is 4.79 Å². The topological polar surface area (TPSA) is 96.9 Å². The summed E-state index contributed by atoms with van der Waals surface area (Å²) in [6.07, 6.45) is 0. The Morgan fingerprint density at radius 1 is 1.21 bits per heavy atom. The van der Waals surface area contributed by atoms with Crippen LogP contribution in [-0.4, -0.2) is 55.3 Å². The first kappa shape index (κ1) is 19.2. The van der Waals surface area contributed by atoms with Crippen LogP contribution in [-0.2, 0) is 4.74 Å². The van der Waals surface area contributed by atoms with Crippen molar-refractivity contribution in [1.29, 1.82) is 0 Å². The zero-order chi connectivity index (χ0) is 20.2. The van der Waals surface area contributed by atoms with Crippen molar-refractivity contribution in [3.8, 4) is 0 Å². The molecule has 3 N–H and O–H groups in total. The van der Waals surface area contributed by atoms with Gasteiger partial charge in [-0.1, -0.05) is 17.7 Å². The molecule has 0 bridgehead atoms. The van der Waals surface area contributed by atoms with E-state index in [-0.39, 0.29) is 12.0 Å². The quantitative estimate of drug-likeness (QED) is 0.689. The van der Waals surface area contributed by atoms with Gasteiger partial charge in [0.2, 0.25) is 0 Å². The van der Waals surface area contributed by atoms with E-state index >= 15 is 0 Å². The van der Waals surface area contributed by atoms with Gasteiger partial charge in [-0.05, 0) is 31.2 Å². The van der Waals surface area contributed by atoms with E-state index < -0.39 is 0 Å². The predicted molar refractivity (Wildman–Crippen MR) is 113 cm³/mol. The maximum Gasteiger partial charge on any atom is 0.326 e. The summed E-state index contributed by atoms with van der Waals surface area (Å²) in [5.41, 5.74) is 9.50. The van der Waals surface area contributed by atoms with Crippen molar-refractivity contribution in [2.75, 3.05) is 55.3 Å². The average molecular weight is 395 g/mol. The first-order valence-corrected chi connectivity index (χ1v) is 9.70. The van der Waals surface area contributed by atoms with E-state index in [0.717, 1.165) is 49.8 Å². The van der Waals surface area contributed by atoms with Gasteiger partial charge in [0.05, 0.1) is 13.2 Å². The number of amides is 2. The summed E-state index contributed by atoms with van der Waals surface area (Å²) in [6, 6.07) is 13.1. The van der Waals surface area contributed by atoms with Crippen LogP contribution >= 0.6 is 0 Å². The summed E-state index contributed by atoms with van der Waals surface area (Å²) >= 11 is 0. The zero-order valence-corrected chi connectivity index (χ0v) is 16.4. The second-order valence-corrected chi connectivity index (χ2v) is 7.11. The summed E-state index contributed by atoms with van der Waals surface area (Å²) in [5, 5.41) is 2.98. The Bertz CT molecular complexity index is 980. The Kier molecular flexibility index (Phi) is 5.64.